The molecule has 1 saturated heterocycles. The third-order valence-corrected chi connectivity index (χ3v) is 11.6. The van der Waals surface area contributed by atoms with E-state index in [1.54, 1.807) is 48.9 Å². The highest BCUT2D eigenvalue weighted by atomic mass is 16.5. The van der Waals surface area contributed by atoms with Gasteiger partial charge in [-0.3, -0.25) is 33.9 Å². The van der Waals surface area contributed by atoms with Crippen molar-refractivity contribution in [3.8, 4) is 11.4 Å². The predicted molar refractivity (Wildman–Crippen MR) is 225 cm³/mol. The van der Waals surface area contributed by atoms with Gasteiger partial charge in [0, 0.05) is 47.9 Å². The molecule has 4 aromatic rings. The van der Waals surface area contributed by atoms with Crippen LogP contribution in [0, 0.1) is 6.57 Å². The van der Waals surface area contributed by atoms with E-state index in [1.165, 1.54) is 12.0 Å². The summed E-state index contributed by atoms with van der Waals surface area (Å²) in [7, 11) is 1.52. The second kappa shape index (κ2) is 18.4. The third kappa shape index (κ3) is 8.38. The Kier molecular flexibility index (Phi) is 12.4. The van der Waals surface area contributed by atoms with E-state index < -0.39 is 17.9 Å². The van der Waals surface area contributed by atoms with Crippen LogP contribution in [0.3, 0.4) is 0 Å². The Morgan fingerprint density at radius 2 is 1.84 bits per heavy atom. The van der Waals surface area contributed by atoms with Crippen molar-refractivity contribution < 1.29 is 38.2 Å². The number of benzene rings is 2. The maximum absolute atomic E-state index is 13.1. The molecule has 62 heavy (non-hydrogen) atoms. The van der Waals surface area contributed by atoms with Crippen LogP contribution in [0.15, 0.2) is 48.9 Å². The first-order valence-electron chi connectivity index (χ1n) is 20.7. The molecule has 19 heteroatoms. The maximum atomic E-state index is 13.1. The number of piperidine rings is 1. The first-order chi connectivity index (χ1) is 30.2. The summed E-state index contributed by atoms with van der Waals surface area (Å²) in [6, 6.07) is 9.50. The normalized spacial score (nSPS) is 18.1. The number of anilines is 4. The van der Waals surface area contributed by atoms with E-state index in [9.17, 15) is 24.0 Å². The second-order valence-electron chi connectivity index (χ2n) is 15.3. The number of rotatable bonds is 16. The van der Waals surface area contributed by atoms with Gasteiger partial charge in [0.1, 0.15) is 24.1 Å². The smallest absolute Gasteiger partial charge is 0.293 e. The minimum atomic E-state index is -0.757. The number of ether oxygens (including phenoxy) is 3. The highest BCUT2D eigenvalue weighted by Crippen LogP contribution is 2.46. The van der Waals surface area contributed by atoms with E-state index in [-0.39, 0.29) is 82.2 Å². The van der Waals surface area contributed by atoms with Crippen molar-refractivity contribution in [3.63, 3.8) is 0 Å². The molecule has 4 aliphatic rings. The molecule has 3 aliphatic heterocycles. The molecule has 2 aromatic carbocycles. The van der Waals surface area contributed by atoms with Gasteiger partial charge in [0.15, 0.2) is 12.1 Å². The molecule has 0 radical (unpaired) electrons. The number of nitrogens with zero attached hydrogens (tertiary/aromatic N) is 7. The largest absolute Gasteiger partial charge is 0.495 e. The zero-order chi connectivity index (χ0) is 43.3. The molecular weight excluding hydrogens is 799 g/mol. The quantitative estimate of drug-likeness (QED) is 0.0703. The number of hydrogen-bond acceptors (Lipinski definition) is 13. The van der Waals surface area contributed by atoms with Crippen molar-refractivity contribution in [2.24, 2.45) is 0 Å². The van der Waals surface area contributed by atoms with E-state index in [2.05, 4.69) is 47.9 Å². The summed E-state index contributed by atoms with van der Waals surface area (Å²) in [6.07, 6.45) is 8.98. The standard InChI is InChI=1S/C43H47N11O8/c1-4-31-37-38(44-2)47-24-53(37)33-21-46-43(51-39(33)54(31)26-8-5-6-9-26)49-30-13-12-25(20-34(30)60-3)40(57)45-16-17-61-18-19-62-23-36(56)48-29-11-7-10-27-28(29)22-52(42(27)59)32-14-15-35(55)50-41(32)58/h7,10-13,20-21,24,26,31-32H,4-6,8-9,14-19,22-23H2,1,3H3,(H,45,57)(H,48,56)(H,46,49,51)(H,50,55,58)/t31-,32?/m1/s1. The molecule has 1 saturated carbocycles. The van der Waals surface area contributed by atoms with Crippen molar-refractivity contribution >= 4 is 58.5 Å². The van der Waals surface area contributed by atoms with Crippen LogP contribution in [-0.2, 0) is 30.4 Å². The van der Waals surface area contributed by atoms with Gasteiger partial charge in [0.2, 0.25) is 23.7 Å². The van der Waals surface area contributed by atoms with Crippen molar-refractivity contribution in [1.82, 2.24) is 35.1 Å². The number of carbonyl (C=O) groups excluding carboxylic acids is 5. The van der Waals surface area contributed by atoms with Crippen molar-refractivity contribution in [3.05, 3.63) is 82.7 Å². The lowest BCUT2D eigenvalue weighted by molar-refractivity contribution is -0.137. The Hall–Kier alpha value is -6.91. The second-order valence-corrected chi connectivity index (χ2v) is 15.3. The number of imidazole rings is 1. The van der Waals surface area contributed by atoms with Crippen LogP contribution < -0.4 is 30.9 Å². The van der Waals surface area contributed by atoms with Crippen LogP contribution in [0.25, 0.3) is 10.5 Å². The molecule has 0 spiro atoms. The van der Waals surface area contributed by atoms with Gasteiger partial charge in [-0.2, -0.15) is 4.98 Å². The van der Waals surface area contributed by atoms with Gasteiger partial charge in [-0.1, -0.05) is 32.4 Å². The molecule has 1 aliphatic carbocycles. The van der Waals surface area contributed by atoms with Crippen molar-refractivity contribution in [1.29, 1.82) is 0 Å². The molecule has 5 amide bonds. The van der Waals surface area contributed by atoms with Gasteiger partial charge >= 0.3 is 0 Å². The number of carbonyl (C=O) groups is 5. The summed E-state index contributed by atoms with van der Waals surface area (Å²) < 4.78 is 18.7. The Bertz CT molecular complexity index is 2440. The van der Waals surface area contributed by atoms with Gasteiger partial charge < -0.3 is 44.8 Å². The Balaban J connectivity index is 0.790. The number of amides is 5. The highest BCUT2D eigenvalue weighted by molar-refractivity contribution is 6.07. The number of fused-ring (bicyclic) bond motifs is 4. The summed E-state index contributed by atoms with van der Waals surface area (Å²) in [5.74, 6) is 0.0288. The Labute approximate surface area is 357 Å². The summed E-state index contributed by atoms with van der Waals surface area (Å²) >= 11 is 0. The number of imide groups is 1. The minimum absolute atomic E-state index is 0.0491. The monoisotopic (exact) mass is 845 g/mol. The van der Waals surface area contributed by atoms with Crippen LogP contribution in [0.1, 0.15) is 89.9 Å². The maximum Gasteiger partial charge on any atom is 0.293 e. The molecule has 1 unspecified atom stereocenters. The molecule has 322 valence electrons. The average molecular weight is 846 g/mol. The lowest BCUT2D eigenvalue weighted by Crippen LogP contribution is -2.52. The Morgan fingerprint density at radius 3 is 2.61 bits per heavy atom. The molecule has 2 fully saturated rings. The first-order valence-corrected chi connectivity index (χ1v) is 20.7. The van der Waals surface area contributed by atoms with E-state index in [0.717, 1.165) is 49.3 Å². The van der Waals surface area contributed by atoms with Crippen LogP contribution in [-0.4, -0.2) is 106 Å². The number of nitrogens with one attached hydrogen (secondary N) is 4. The number of aromatic nitrogens is 4. The van der Waals surface area contributed by atoms with Crippen LogP contribution in [0.4, 0.5) is 29.0 Å². The lowest BCUT2D eigenvalue weighted by atomic mass is 10.0. The fraction of sp³-hybridized carbons (Fsp3) is 0.419. The van der Waals surface area contributed by atoms with E-state index in [0.29, 0.717) is 45.6 Å². The molecule has 2 atom stereocenters. The van der Waals surface area contributed by atoms with Crippen molar-refractivity contribution in [2.45, 2.75) is 76.5 Å². The summed E-state index contributed by atoms with van der Waals surface area (Å²) in [4.78, 5) is 84.3. The summed E-state index contributed by atoms with van der Waals surface area (Å²) in [6.45, 7) is 10.5. The van der Waals surface area contributed by atoms with Crippen LogP contribution >= 0.6 is 0 Å². The highest BCUT2D eigenvalue weighted by Gasteiger charge is 2.41. The van der Waals surface area contributed by atoms with Gasteiger partial charge in [-0.25, -0.2) is 4.98 Å². The molecule has 8 rings (SSSR count). The van der Waals surface area contributed by atoms with Crippen molar-refractivity contribution in [2.75, 3.05) is 55.6 Å². The molecule has 0 bridgehead atoms. The zero-order valence-corrected chi connectivity index (χ0v) is 34.4. The fourth-order valence-corrected chi connectivity index (χ4v) is 8.67. The minimum Gasteiger partial charge on any atom is -0.495 e. The number of methoxy groups -OCH3 is 1. The molecular formula is C43H47N11O8. The van der Waals surface area contributed by atoms with E-state index >= 15 is 0 Å². The van der Waals surface area contributed by atoms with Gasteiger partial charge in [-0.15, -0.1) is 4.98 Å². The lowest BCUT2D eigenvalue weighted by Gasteiger charge is -2.42. The predicted octanol–water partition coefficient (Wildman–Crippen LogP) is 4.34. The average Bonchev–Trinajstić information content (AvgIpc) is 4.04. The number of hydrogen-bond donors (Lipinski definition) is 4. The van der Waals surface area contributed by atoms with Crippen LogP contribution in [0.5, 0.6) is 5.75 Å². The SMILES string of the molecule is [C-]#[N+]c1ncn2c1[C@@H](CC)N(C1CCCC1)c1nc(Nc3ccc(C(=O)NCCOCCOCC(=O)Nc4cccc5c4CN(C4CCC(=O)NC4=O)C5=O)cc3OC)ncc1-2. The molecule has 2 aromatic heterocycles. The van der Waals surface area contributed by atoms with Gasteiger partial charge in [0.25, 0.3) is 17.6 Å². The van der Waals surface area contributed by atoms with Gasteiger partial charge in [0.05, 0.1) is 50.6 Å². The molecule has 4 N–H and O–H groups in total. The van der Waals surface area contributed by atoms with E-state index in [1.807, 2.05) is 4.57 Å². The summed E-state index contributed by atoms with van der Waals surface area (Å²) in [5, 5.41) is 11.2. The topological polar surface area (TPSA) is 216 Å². The Morgan fingerprint density at radius 1 is 1.02 bits per heavy atom. The fourth-order valence-electron chi connectivity index (χ4n) is 8.67. The van der Waals surface area contributed by atoms with Crippen LogP contribution in [0.2, 0.25) is 0 Å². The first kappa shape index (κ1) is 41.8. The van der Waals surface area contributed by atoms with E-state index in [4.69, 9.17) is 25.8 Å². The van der Waals surface area contributed by atoms with Gasteiger partial charge in [-0.05, 0) is 56.0 Å². The third-order valence-electron chi connectivity index (χ3n) is 11.6. The zero-order valence-electron chi connectivity index (χ0n) is 34.4. The molecule has 5 heterocycles. The summed E-state index contributed by atoms with van der Waals surface area (Å²) in [5.41, 5.74) is 4.04. The molecule has 19 nitrogen and oxygen atoms in total.